The minimum Gasteiger partial charge on any atom is -0.380 e. The fourth-order valence-corrected chi connectivity index (χ4v) is 3.81. The molecule has 20 heavy (non-hydrogen) atoms. The summed E-state index contributed by atoms with van der Waals surface area (Å²) in [5, 5.41) is 3.07. The van der Waals surface area contributed by atoms with Crippen LogP contribution in [0.3, 0.4) is 0 Å². The summed E-state index contributed by atoms with van der Waals surface area (Å²) in [5.74, 6) is 0.0392. The highest BCUT2D eigenvalue weighted by atomic mass is 32.2. The van der Waals surface area contributed by atoms with Crippen LogP contribution in [0.15, 0.2) is 24.3 Å². The molecule has 1 aromatic carbocycles. The highest BCUT2D eigenvalue weighted by molar-refractivity contribution is 7.88. The van der Waals surface area contributed by atoms with E-state index in [-0.39, 0.29) is 11.8 Å². The van der Waals surface area contributed by atoms with Crippen LogP contribution in [0.5, 0.6) is 0 Å². The molecule has 0 spiro atoms. The minimum atomic E-state index is -3.30. The van der Waals surface area contributed by atoms with E-state index in [1.54, 1.807) is 7.05 Å². The molecule has 2 rings (SSSR count). The Labute approximate surface area is 121 Å². The van der Waals surface area contributed by atoms with E-state index in [9.17, 15) is 8.42 Å². The van der Waals surface area contributed by atoms with E-state index < -0.39 is 10.0 Å². The molecule has 1 saturated heterocycles. The number of likely N-dealkylation sites (N-methyl/N-ethyl adjacent to an activating group) is 1. The van der Waals surface area contributed by atoms with Crippen molar-refractivity contribution in [3.63, 3.8) is 0 Å². The maximum absolute atomic E-state index is 12.4. The summed E-state index contributed by atoms with van der Waals surface area (Å²) in [6.45, 7) is 1.87. The number of nitrogens with one attached hydrogen (secondary N) is 1. The van der Waals surface area contributed by atoms with Crippen molar-refractivity contribution in [1.82, 2.24) is 9.62 Å². The van der Waals surface area contributed by atoms with Gasteiger partial charge in [-0.25, -0.2) is 8.42 Å². The molecule has 1 aliphatic rings. The lowest BCUT2D eigenvalue weighted by Crippen LogP contribution is -2.38. The first-order valence-electron chi connectivity index (χ1n) is 6.79. The fourth-order valence-electron chi connectivity index (χ4n) is 2.38. The summed E-state index contributed by atoms with van der Waals surface area (Å²) >= 11 is 0. The van der Waals surface area contributed by atoms with Crippen molar-refractivity contribution in [1.29, 1.82) is 0 Å². The van der Waals surface area contributed by atoms with Crippen LogP contribution >= 0.6 is 0 Å². The molecule has 112 valence electrons. The van der Waals surface area contributed by atoms with Crippen LogP contribution in [-0.2, 0) is 27.1 Å². The Morgan fingerprint density at radius 1 is 1.40 bits per heavy atom. The van der Waals surface area contributed by atoms with E-state index in [1.165, 1.54) is 4.31 Å². The Hall–Kier alpha value is -0.950. The molecule has 1 heterocycles. The molecule has 0 saturated carbocycles. The second kappa shape index (κ2) is 6.67. The molecule has 5 nitrogen and oxygen atoms in total. The summed E-state index contributed by atoms with van der Waals surface area (Å²) in [6.07, 6.45) is 0.773. The van der Waals surface area contributed by atoms with Gasteiger partial charge in [-0.15, -0.1) is 0 Å². The first-order valence-corrected chi connectivity index (χ1v) is 8.40. The van der Waals surface area contributed by atoms with Crippen molar-refractivity contribution < 1.29 is 13.2 Å². The van der Waals surface area contributed by atoms with E-state index >= 15 is 0 Å². The first kappa shape index (κ1) is 15.4. The van der Waals surface area contributed by atoms with Crippen LogP contribution in [0.1, 0.15) is 17.5 Å². The summed E-state index contributed by atoms with van der Waals surface area (Å²) in [6, 6.07) is 7.65. The fraction of sp³-hybridized carbons (Fsp3) is 0.571. The molecule has 1 N–H and O–H groups in total. The van der Waals surface area contributed by atoms with E-state index in [0.29, 0.717) is 13.2 Å². The number of hydrogen-bond acceptors (Lipinski definition) is 4. The molecular formula is C14H22N2O3S. The van der Waals surface area contributed by atoms with Gasteiger partial charge in [-0.05, 0) is 24.6 Å². The second-order valence-electron chi connectivity index (χ2n) is 5.14. The maximum atomic E-state index is 12.4. The zero-order valence-electron chi connectivity index (χ0n) is 12.0. The van der Waals surface area contributed by atoms with Gasteiger partial charge in [-0.3, -0.25) is 0 Å². The highest BCUT2D eigenvalue weighted by Crippen LogP contribution is 2.18. The lowest BCUT2D eigenvalue weighted by atomic mass is 10.1. The monoisotopic (exact) mass is 298 g/mol. The van der Waals surface area contributed by atoms with Crippen molar-refractivity contribution in [2.75, 3.05) is 27.3 Å². The minimum absolute atomic E-state index is 0.0273. The zero-order chi connectivity index (χ0) is 14.6. The van der Waals surface area contributed by atoms with Gasteiger partial charge in [-0.1, -0.05) is 24.3 Å². The van der Waals surface area contributed by atoms with Crippen molar-refractivity contribution in [3.05, 3.63) is 35.4 Å². The predicted octanol–water partition coefficient (Wildman–Crippen LogP) is 0.957. The van der Waals surface area contributed by atoms with Crippen molar-refractivity contribution in [2.45, 2.75) is 24.8 Å². The normalized spacial score (nSPS) is 19.6. The average molecular weight is 298 g/mol. The summed E-state index contributed by atoms with van der Waals surface area (Å²) in [4.78, 5) is 0. The molecule has 0 amide bonds. The van der Waals surface area contributed by atoms with Gasteiger partial charge < -0.3 is 10.1 Å². The smallest absolute Gasteiger partial charge is 0.218 e. The Morgan fingerprint density at radius 3 is 2.80 bits per heavy atom. The largest absolute Gasteiger partial charge is 0.380 e. The van der Waals surface area contributed by atoms with Gasteiger partial charge in [0.25, 0.3) is 0 Å². The molecule has 1 aliphatic heterocycles. The number of rotatable bonds is 6. The van der Waals surface area contributed by atoms with Crippen molar-refractivity contribution in [3.8, 4) is 0 Å². The summed E-state index contributed by atoms with van der Waals surface area (Å²) in [7, 11) is 0.222. The van der Waals surface area contributed by atoms with Gasteiger partial charge in [0.15, 0.2) is 0 Å². The van der Waals surface area contributed by atoms with E-state index in [1.807, 2.05) is 31.3 Å². The molecule has 1 unspecified atom stereocenters. The van der Waals surface area contributed by atoms with Gasteiger partial charge >= 0.3 is 0 Å². The van der Waals surface area contributed by atoms with Crippen LogP contribution in [-0.4, -0.2) is 46.1 Å². The summed E-state index contributed by atoms with van der Waals surface area (Å²) in [5.41, 5.74) is 1.91. The topological polar surface area (TPSA) is 58.6 Å². The lowest BCUT2D eigenvalue weighted by molar-refractivity contribution is 0.181. The molecule has 1 aromatic rings. The molecule has 0 radical (unpaired) electrons. The van der Waals surface area contributed by atoms with Crippen molar-refractivity contribution in [2.24, 2.45) is 0 Å². The second-order valence-corrected chi connectivity index (χ2v) is 7.17. The number of sulfonamides is 1. The van der Waals surface area contributed by atoms with Crippen LogP contribution < -0.4 is 5.32 Å². The third-order valence-corrected chi connectivity index (χ3v) is 5.45. The van der Waals surface area contributed by atoms with Crippen LogP contribution in [0.25, 0.3) is 0 Å². The van der Waals surface area contributed by atoms with Crippen LogP contribution in [0, 0.1) is 0 Å². The Kier molecular flexibility index (Phi) is 5.15. The molecule has 1 fully saturated rings. The van der Waals surface area contributed by atoms with Gasteiger partial charge in [0.1, 0.15) is 0 Å². The predicted molar refractivity (Wildman–Crippen MR) is 78.8 cm³/mol. The van der Waals surface area contributed by atoms with Gasteiger partial charge in [-0.2, -0.15) is 4.31 Å². The number of hydrogen-bond donors (Lipinski definition) is 1. The molecule has 6 heteroatoms. The van der Waals surface area contributed by atoms with Crippen molar-refractivity contribution >= 4 is 10.0 Å². The summed E-state index contributed by atoms with van der Waals surface area (Å²) < 4.78 is 31.5. The third kappa shape index (κ3) is 3.79. The van der Waals surface area contributed by atoms with Gasteiger partial charge in [0.05, 0.1) is 18.4 Å². The SMILES string of the molecule is CNCc1cccc(CS(=O)(=O)N(C)C2CCOC2)c1. The molecular weight excluding hydrogens is 276 g/mol. The van der Waals surface area contributed by atoms with Gasteiger partial charge in [0, 0.05) is 20.2 Å². The zero-order valence-corrected chi connectivity index (χ0v) is 12.8. The Bertz CT molecular complexity index is 539. The molecule has 0 bridgehead atoms. The lowest BCUT2D eigenvalue weighted by Gasteiger charge is -2.22. The van der Waals surface area contributed by atoms with E-state index in [4.69, 9.17) is 4.74 Å². The molecule has 1 atom stereocenters. The quantitative estimate of drug-likeness (QED) is 0.850. The Morgan fingerprint density at radius 2 is 2.15 bits per heavy atom. The first-order chi connectivity index (χ1) is 9.53. The third-order valence-electron chi connectivity index (χ3n) is 3.58. The van der Waals surface area contributed by atoms with Gasteiger partial charge in [0.2, 0.25) is 10.0 Å². The number of ether oxygens (including phenoxy) is 1. The average Bonchev–Trinajstić information content (AvgIpc) is 2.92. The van der Waals surface area contributed by atoms with Crippen LogP contribution in [0.2, 0.25) is 0 Å². The van der Waals surface area contributed by atoms with Crippen LogP contribution in [0.4, 0.5) is 0 Å². The Balaban J connectivity index is 2.09. The molecule has 0 aliphatic carbocycles. The molecule has 0 aromatic heterocycles. The standard InChI is InChI=1S/C14H22N2O3S/c1-15-9-12-4-3-5-13(8-12)11-20(17,18)16(2)14-6-7-19-10-14/h3-5,8,14-15H,6-7,9-11H2,1-2H3. The number of nitrogens with zero attached hydrogens (tertiary/aromatic N) is 1. The number of benzene rings is 1. The van der Waals surface area contributed by atoms with E-state index in [0.717, 1.165) is 24.1 Å². The highest BCUT2D eigenvalue weighted by Gasteiger charge is 2.29. The van der Waals surface area contributed by atoms with E-state index in [2.05, 4.69) is 5.32 Å². The maximum Gasteiger partial charge on any atom is 0.218 e.